The fourth-order valence-electron chi connectivity index (χ4n) is 1.79. The molecule has 1 saturated heterocycles. The number of aliphatic hydroxyl groups excluding tert-OH is 1. The molecule has 1 heterocycles. The number of carbonyl (C=O) groups is 1. The lowest BCUT2D eigenvalue weighted by atomic mass is 10.1. The number of amides is 1. The Bertz CT molecular complexity index is 418. The zero-order valence-electron chi connectivity index (χ0n) is 8.63. The topological polar surface area (TPSA) is 81.0 Å². The Kier molecular flexibility index (Phi) is 2.70. The number of carbonyl (C=O) groups excluding carboxylic acids is 1. The summed E-state index contributed by atoms with van der Waals surface area (Å²) in [5, 5.41) is 28.1. The summed E-state index contributed by atoms with van der Waals surface area (Å²) in [6.07, 6.45) is 0.0501. The van der Waals surface area contributed by atoms with E-state index in [4.69, 9.17) is 0 Å². The van der Waals surface area contributed by atoms with Crippen LogP contribution in [-0.2, 0) is 0 Å². The van der Waals surface area contributed by atoms with Crippen LogP contribution >= 0.6 is 0 Å². The van der Waals surface area contributed by atoms with E-state index in [0.717, 1.165) is 0 Å². The van der Waals surface area contributed by atoms with Crippen LogP contribution in [0.1, 0.15) is 16.8 Å². The lowest BCUT2D eigenvalue weighted by Gasteiger charge is -2.16. The summed E-state index contributed by atoms with van der Waals surface area (Å²) in [5.74, 6) is -0.602. The number of aliphatic hydroxyl groups is 1. The van der Waals surface area contributed by atoms with Crippen molar-refractivity contribution >= 4 is 5.91 Å². The quantitative estimate of drug-likeness (QED) is 0.598. The molecule has 0 aliphatic carbocycles. The molecule has 1 aromatic carbocycles. The Hall–Kier alpha value is -1.75. The number of rotatable bonds is 1. The van der Waals surface area contributed by atoms with E-state index in [0.29, 0.717) is 13.0 Å². The second-order valence-electron chi connectivity index (χ2n) is 3.90. The maximum Gasteiger partial charge on any atom is 0.257 e. The SMILES string of the molecule is O=C(c1cc(O)ccc1O)N1CC[C@@H](O)C1. The van der Waals surface area contributed by atoms with Crippen molar-refractivity contribution in [2.75, 3.05) is 13.1 Å². The molecular formula is C11H13NO4. The van der Waals surface area contributed by atoms with E-state index in [-0.39, 0.29) is 29.5 Å². The van der Waals surface area contributed by atoms with Crippen LogP contribution in [0.3, 0.4) is 0 Å². The van der Waals surface area contributed by atoms with Gasteiger partial charge < -0.3 is 20.2 Å². The van der Waals surface area contributed by atoms with Gasteiger partial charge in [0, 0.05) is 13.1 Å². The van der Waals surface area contributed by atoms with Crippen LogP contribution in [0.2, 0.25) is 0 Å². The highest BCUT2D eigenvalue weighted by atomic mass is 16.3. The van der Waals surface area contributed by atoms with Gasteiger partial charge in [0.15, 0.2) is 0 Å². The second-order valence-corrected chi connectivity index (χ2v) is 3.90. The van der Waals surface area contributed by atoms with Crippen LogP contribution < -0.4 is 0 Å². The monoisotopic (exact) mass is 223 g/mol. The first-order chi connectivity index (χ1) is 7.58. The Labute approximate surface area is 92.6 Å². The van der Waals surface area contributed by atoms with Gasteiger partial charge >= 0.3 is 0 Å². The number of likely N-dealkylation sites (tertiary alicyclic amines) is 1. The Morgan fingerprint density at radius 3 is 2.75 bits per heavy atom. The number of hydrogen-bond acceptors (Lipinski definition) is 4. The molecule has 3 N–H and O–H groups in total. The van der Waals surface area contributed by atoms with Crippen molar-refractivity contribution in [3.05, 3.63) is 23.8 Å². The van der Waals surface area contributed by atoms with E-state index < -0.39 is 6.10 Å². The second kappa shape index (κ2) is 4.02. The number of nitrogens with zero attached hydrogens (tertiary/aromatic N) is 1. The van der Waals surface area contributed by atoms with Crippen LogP contribution in [0.25, 0.3) is 0 Å². The molecule has 0 bridgehead atoms. The molecule has 1 aromatic rings. The molecule has 16 heavy (non-hydrogen) atoms. The third-order valence-electron chi connectivity index (χ3n) is 2.66. The predicted molar refractivity (Wildman–Crippen MR) is 56.3 cm³/mol. The number of phenolic OH excluding ortho intramolecular Hbond substituents is 2. The molecule has 1 amide bonds. The molecule has 5 heteroatoms. The highest BCUT2D eigenvalue weighted by molar-refractivity contribution is 5.97. The van der Waals surface area contributed by atoms with Gasteiger partial charge in [-0.3, -0.25) is 4.79 Å². The zero-order valence-corrected chi connectivity index (χ0v) is 8.63. The van der Waals surface area contributed by atoms with Gasteiger partial charge in [-0.15, -0.1) is 0 Å². The number of β-amino-alcohol motifs (C(OH)–C–C–N with tert-alkyl or cyclic N) is 1. The number of aromatic hydroxyl groups is 2. The molecule has 1 fully saturated rings. The van der Waals surface area contributed by atoms with Crippen molar-refractivity contribution in [3.63, 3.8) is 0 Å². The highest BCUT2D eigenvalue weighted by Crippen LogP contribution is 2.24. The van der Waals surface area contributed by atoms with Crippen molar-refractivity contribution < 1.29 is 20.1 Å². The Morgan fingerprint density at radius 1 is 1.38 bits per heavy atom. The predicted octanol–water partition coefficient (Wildman–Crippen LogP) is 0.305. The molecule has 0 spiro atoms. The molecule has 0 saturated carbocycles. The van der Waals surface area contributed by atoms with Gasteiger partial charge in [0.25, 0.3) is 5.91 Å². The molecule has 0 radical (unpaired) electrons. The van der Waals surface area contributed by atoms with Gasteiger partial charge in [-0.05, 0) is 24.6 Å². The van der Waals surface area contributed by atoms with Gasteiger partial charge in [-0.2, -0.15) is 0 Å². The minimum Gasteiger partial charge on any atom is -0.508 e. The van der Waals surface area contributed by atoms with Crippen molar-refractivity contribution in [3.8, 4) is 11.5 Å². The van der Waals surface area contributed by atoms with E-state index in [2.05, 4.69) is 0 Å². The van der Waals surface area contributed by atoms with Crippen molar-refractivity contribution in [1.82, 2.24) is 4.90 Å². The normalized spacial score (nSPS) is 20.1. The van der Waals surface area contributed by atoms with Crippen molar-refractivity contribution in [1.29, 1.82) is 0 Å². The molecule has 1 aliphatic rings. The maximum absolute atomic E-state index is 11.9. The Morgan fingerprint density at radius 2 is 2.12 bits per heavy atom. The standard InChI is InChI=1S/C11H13NO4/c13-7-1-2-10(15)9(5-7)11(16)12-4-3-8(14)6-12/h1-2,5,8,13-15H,3-4,6H2/t8-/m1/s1. The largest absolute Gasteiger partial charge is 0.508 e. The molecule has 0 unspecified atom stereocenters. The fraction of sp³-hybridized carbons (Fsp3) is 0.364. The summed E-state index contributed by atoms with van der Waals surface area (Å²) in [6, 6.07) is 3.81. The van der Waals surface area contributed by atoms with E-state index in [1.807, 2.05) is 0 Å². The zero-order chi connectivity index (χ0) is 11.7. The summed E-state index contributed by atoms with van der Waals surface area (Å²) in [6.45, 7) is 0.739. The summed E-state index contributed by atoms with van der Waals surface area (Å²) in [7, 11) is 0. The van der Waals surface area contributed by atoms with E-state index >= 15 is 0 Å². The van der Waals surface area contributed by atoms with Gasteiger partial charge in [0.05, 0.1) is 11.7 Å². The number of benzene rings is 1. The number of hydrogen-bond donors (Lipinski definition) is 3. The maximum atomic E-state index is 11.9. The van der Waals surface area contributed by atoms with Crippen LogP contribution in [0.4, 0.5) is 0 Å². The fourth-order valence-corrected chi connectivity index (χ4v) is 1.79. The minimum absolute atomic E-state index is 0.0640. The first-order valence-corrected chi connectivity index (χ1v) is 5.07. The molecular weight excluding hydrogens is 210 g/mol. The van der Waals surface area contributed by atoms with Gasteiger partial charge in [-0.25, -0.2) is 0 Å². The smallest absolute Gasteiger partial charge is 0.257 e. The lowest BCUT2D eigenvalue weighted by Crippen LogP contribution is -2.29. The van der Waals surface area contributed by atoms with Crippen molar-refractivity contribution in [2.45, 2.75) is 12.5 Å². The highest BCUT2D eigenvalue weighted by Gasteiger charge is 2.26. The summed E-state index contributed by atoms with van der Waals surface area (Å²) in [4.78, 5) is 13.4. The van der Waals surface area contributed by atoms with Gasteiger partial charge in [-0.1, -0.05) is 0 Å². The average Bonchev–Trinajstić information content (AvgIpc) is 2.67. The van der Waals surface area contributed by atoms with Crippen LogP contribution in [0, 0.1) is 0 Å². The third kappa shape index (κ3) is 1.94. The molecule has 0 aromatic heterocycles. The lowest BCUT2D eigenvalue weighted by molar-refractivity contribution is 0.0761. The van der Waals surface area contributed by atoms with Gasteiger partial charge in [0.1, 0.15) is 11.5 Å². The molecule has 2 rings (SSSR count). The molecule has 1 atom stereocenters. The first-order valence-electron chi connectivity index (χ1n) is 5.07. The third-order valence-corrected chi connectivity index (χ3v) is 2.66. The van der Waals surface area contributed by atoms with E-state index in [1.54, 1.807) is 0 Å². The summed E-state index contributed by atoms with van der Waals surface area (Å²) >= 11 is 0. The van der Waals surface area contributed by atoms with E-state index in [1.165, 1.54) is 23.1 Å². The van der Waals surface area contributed by atoms with Crippen LogP contribution in [0.5, 0.6) is 11.5 Å². The summed E-state index contributed by atoms with van der Waals surface area (Å²) < 4.78 is 0. The molecule has 86 valence electrons. The average molecular weight is 223 g/mol. The first kappa shape index (κ1) is 10.8. The van der Waals surface area contributed by atoms with E-state index in [9.17, 15) is 20.1 Å². The van der Waals surface area contributed by atoms with Gasteiger partial charge in [0.2, 0.25) is 0 Å². The molecule has 5 nitrogen and oxygen atoms in total. The Balaban J connectivity index is 2.23. The molecule has 1 aliphatic heterocycles. The van der Waals surface area contributed by atoms with Crippen molar-refractivity contribution in [2.24, 2.45) is 0 Å². The van der Waals surface area contributed by atoms with Crippen LogP contribution in [0.15, 0.2) is 18.2 Å². The minimum atomic E-state index is -0.497. The summed E-state index contributed by atoms with van der Waals surface area (Å²) in [5.41, 5.74) is 0.0640. The van der Waals surface area contributed by atoms with Crippen LogP contribution in [-0.4, -0.2) is 45.3 Å². The number of phenols is 2.